The van der Waals surface area contributed by atoms with Gasteiger partial charge in [0.15, 0.2) is 12.0 Å². The Kier molecular flexibility index (Phi) is 2.76. The summed E-state index contributed by atoms with van der Waals surface area (Å²) in [6, 6.07) is 0. The van der Waals surface area contributed by atoms with E-state index in [1.807, 2.05) is 13.8 Å². The largest absolute Gasteiger partial charge is 0.448 e. The zero-order chi connectivity index (χ0) is 9.90. The van der Waals surface area contributed by atoms with Crippen molar-refractivity contribution in [1.29, 1.82) is 0 Å². The highest BCUT2D eigenvalue weighted by Crippen LogP contribution is 2.35. The van der Waals surface area contributed by atoms with E-state index in [-0.39, 0.29) is 5.76 Å². The van der Waals surface area contributed by atoms with Crippen molar-refractivity contribution in [1.82, 2.24) is 0 Å². The SMILES string of the molecule is C=CC1=C(C=O)OC(CC)(CC)O1. The van der Waals surface area contributed by atoms with Gasteiger partial charge in [-0.25, -0.2) is 0 Å². The van der Waals surface area contributed by atoms with Crippen molar-refractivity contribution in [2.24, 2.45) is 0 Å². The maximum absolute atomic E-state index is 10.6. The van der Waals surface area contributed by atoms with Crippen molar-refractivity contribution in [3.8, 4) is 0 Å². The number of hydrogen-bond donors (Lipinski definition) is 0. The third-order valence-electron chi connectivity index (χ3n) is 2.20. The number of ether oxygens (including phenoxy) is 2. The van der Waals surface area contributed by atoms with Crippen LogP contribution in [0, 0.1) is 0 Å². The summed E-state index contributed by atoms with van der Waals surface area (Å²) >= 11 is 0. The van der Waals surface area contributed by atoms with Crippen LogP contribution in [0.1, 0.15) is 26.7 Å². The monoisotopic (exact) mass is 182 g/mol. The molecule has 3 heteroatoms. The lowest BCUT2D eigenvalue weighted by molar-refractivity contribution is -0.158. The first kappa shape index (κ1) is 9.84. The minimum Gasteiger partial charge on any atom is -0.448 e. The van der Waals surface area contributed by atoms with Gasteiger partial charge in [0.25, 0.3) is 5.79 Å². The van der Waals surface area contributed by atoms with Crippen LogP contribution in [-0.2, 0) is 14.3 Å². The number of carbonyl (C=O) groups excluding carboxylic acids is 1. The zero-order valence-electron chi connectivity index (χ0n) is 8.00. The molecule has 0 aromatic rings. The molecule has 0 radical (unpaired) electrons. The molecule has 13 heavy (non-hydrogen) atoms. The summed E-state index contributed by atoms with van der Waals surface area (Å²) in [6.45, 7) is 7.47. The van der Waals surface area contributed by atoms with Crippen LogP contribution in [0.25, 0.3) is 0 Å². The summed E-state index contributed by atoms with van der Waals surface area (Å²) < 4.78 is 10.9. The highest BCUT2D eigenvalue weighted by molar-refractivity contribution is 5.72. The number of hydrogen-bond acceptors (Lipinski definition) is 3. The molecule has 1 rings (SSSR count). The van der Waals surface area contributed by atoms with Crippen LogP contribution in [0.4, 0.5) is 0 Å². The number of aldehydes is 1. The van der Waals surface area contributed by atoms with E-state index in [1.165, 1.54) is 6.08 Å². The second kappa shape index (κ2) is 3.64. The van der Waals surface area contributed by atoms with Gasteiger partial charge in [0.2, 0.25) is 5.76 Å². The van der Waals surface area contributed by atoms with E-state index in [4.69, 9.17) is 9.47 Å². The average Bonchev–Trinajstić information content (AvgIpc) is 2.57. The van der Waals surface area contributed by atoms with Gasteiger partial charge < -0.3 is 9.47 Å². The minimum absolute atomic E-state index is 0.249. The molecule has 1 heterocycles. The van der Waals surface area contributed by atoms with E-state index in [2.05, 4.69) is 6.58 Å². The first-order valence-electron chi connectivity index (χ1n) is 4.41. The van der Waals surface area contributed by atoms with Gasteiger partial charge in [-0.15, -0.1) is 0 Å². The average molecular weight is 182 g/mol. The second-order valence-corrected chi connectivity index (χ2v) is 2.87. The lowest BCUT2D eigenvalue weighted by atomic mass is 10.1. The van der Waals surface area contributed by atoms with E-state index in [0.717, 1.165) is 0 Å². The molecule has 0 aliphatic carbocycles. The van der Waals surface area contributed by atoms with E-state index in [1.54, 1.807) is 0 Å². The third-order valence-corrected chi connectivity index (χ3v) is 2.20. The van der Waals surface area contributed by atoms with E-state index in [0.29, 0.717) is 24.9 Å². The van der Waals surface area contributed by atoms with Gasteiger partial charge >= 0.3 is 0 Å². The number of carbonyl (C=O) groups is 1. The predicted molar refractivity (Wildman–Crippen MR) is 48.8 cm³/mol. The van der Waals surface area contributed by atoms with Crippen LogP contribution in [-0.4, -0.2) is 12.1 Å². The molecule has 0 saturated heterocycles. The summed E-state index contributed by atoms with van der Waals surface area (Å²) in [5.41, 5.74) is 0. The van der Waals surface area contributed by atoms with Gasteiger partial charge in [0.05, 0.1) is 0 Å². The summed E-state index contributed by atoms with van der Waals surface area (Å²) in [7, 11) is 0. The molecule has 0 aromatic carbocycles. The Balaban J connectivity index is 2.87. The molecule has 0 unspecified atom stereocenters. The highest BCUT2D eigenvalue weighted by Gasteiger charge is 2.38. The molecule has 0 N–H and O–H groups in total. The van der Waals surface area contributed by atoms with Crippen LogP contribution in [0.2, 0.25) is 0 Å². The van der Waals surface area contributed by atoms with Crippen LogP contribution in [0.15, 0.2) is 24.2 Å². The van der Waals surface area contributed by atoms with Crippen LogP contribution in [0.5, 0.6) is 0 Å². The van der Waals surface area contributed by atoms with Crippen molar-refractivity contribution >= 4 is 6.29 Å². The maximum atomic E-state index is 10.6. The molecule has 72 valence electrons. The van der Waals surface area contributed by atoms with Gasteiger partial charge in [-0.05, 0) is 6.08 Å². The molecular weight excluding hydrogens is 168 g/mol. The van der Waals surface area contributed by atoms with Crippen molar-refractivity contribution < 1.29 is 14.3 Å². The fourth-order valence-corrected chi connectivity index (χ4v) is 1.29. The Hall–Kier alpha value is -1.25. The Bertz CT molecular complexity index is 227. The number of allylic oxidation sites excluding steroid dienone is 2. The van der Waals surface area contributed by atoms with Crippen LogP contribution in [0.3, 0.4) is 0 Å². The molecule has 0 aromatic heterocycles. The Morgan fingerprint density at radius 1 is 1.31 bits per heavy atom. The van der Waals surface area contributed by atoms with Crippen LogP contribution < -0.4 is 0 Å². The van der Waals surface area contributed by atoms with E-state index >= 15 is 0 Å². The summed E-state index contributed by atoms with van der Waals surface area (Å²) in [5.74, 6) is 0.0390. The Labute approximate surface area is 78.0 Å². The first-order chi connectivity index (χ1) is 6.21. The van der Waals surface area contributed by atoms with E-state index < -0.39 is 5.79 Å². The third kappa shape index (κ3) is 1.59. The summed E-state index contributed by atoms with van der Waals surface area (Å²) in [4.78, 5) is 10.6. The molecule has 0 bridgehead atoms. The first-order valence-corrected chi connectivity index (χ1v) is 4.41. The molecule has 0 spiro atoms. The molecular formula is C10H14O3. The zero-order valence-corrected chi connectivity index (χ0v) is 8.00. The lowest BCUT2D eigenvalue weighted by Crippen LogP contribution is -2.28. The van der Waals surface area contributed by atoms with Crippen molar-refractivity contribution in [3.05, 3.63) is 24.2 Å². The van der Waals surface area contributed by atoms with Crippen LogP contribution >= 0.6 is 0 Å². The topological polar surface area (TPSA) is 35.5 Å². The van der Waals surface area contributed by atoms with Gasteiger partial charge in [0.1, 0.15) is 0 Å². The summed E-state index contributed by atoms with van der Waals surface area (Å²) in [5, 5.41) is 0. The standard InChI is InChI=1S/C10H14O3/c1-4-8-9(7-11)13-10(5-2,6-3)12-8/h4,7H,1,5-6H2,2-3H3. The molecule has 0 fully saturated rings. The second-order valence-electron chi connectivity index (χ2n) is 2.87. The quantitative estimate of drug-likeness (QED) is 0.625. The molecule has 0 saturated carbocycles. The van der Waals surface area contributed by atoms with Crippen molar-refractivity contribution in [3.63, 3.8) is 0 Å². The predicted octanol–water partition coefficient (Wildman–Crippen LogP) is 2.15. The molecule has 3 nitrogen and oxygen atoms in total. The van der Waals surface area contributed by atoms with Crippen molar-refractivity contribution in [2.75, 3.05) is 0 Å². The maximum Gasteiger partial charge on any atom is 0.251 e. The van der Waals surface area contributed by atoms with Gasteiger partial charge in [-0.1, -0.05) is 20.4 Å². The molecule has 1 aliphatic rings. The Morgan fingerprint density at radius 2 is 1.85 bits per heavy atom. The fraction of sp³-hybridized carbons (Fsp3) is 0.500. The minimum atomic E-state index is -0.653. The Morgan fingerprint density at radius 3 is 2.15 bits per heavy atom. The fourth-order valence-electron chi connectivity index (χ4n) is 1.29. The van der Waals surface area contributed by atoms with Gasteiger partial charge in [-0.3, -0.25) is 4.79 Å². The molecule has 1 aliphatic heterocycles. The molecule has 0 atom stereocenters. The van der Waals surface area contributed by atoms with Crippen molar-refractivity contribution in [2.45, 2.75) is 32.5 Å². The number of rotatable bonds is 4. The smallest absolute Gasteiger partial charge is 0.251 e. The molecule has 0 amide bonds. The summed E-state index contributed by atoms with van der Waals surface area (Å²) in [6.07, 6.45) is 3.57. The lowest BCUT2D eigenvalue weighted by Gasteiger charge is -2.25. The van der Waals surface area contributed by atoms with E-state index in [9.17, 15) is 4.79 Å². The van der Waals surface area contributed by atoms with Gasteiger partial charge in [-0.2, -0.15) is 0 Å². The normalized spacial score (nSPS) is 19.2. The highest BCUT2D eigenvalue weighted by atomic mass is 16.7. The van der Waals surface area contributed by atoms with Gasteiger partial charge in [0, 0.05) is 12.8 Å².